The minimum Gasteiger partial charge on any atom is -0.383 e. The molecule has 1 aliphatic heterocycles. The molecule has 0 radical (unpaired) electrons. The SMILES string of the molecule is Cn1c(N2CCC3(CCC3N)CC2)nc(N)c(C(=N)c2cccc(Cl)c2Cl)c1=O. The Morgan fingerprint density at radius 1 is 1.28 bits per heavy atom. The lowest BCUT2D eigenvalue weighted by atomic mass is 9.60. The molecule has 7 nitrogen and oxygen atoms in total. The molecule has 29 heavy (non-hydrogen) atoms. The second-order valence-corrected chi connectivity index (χ2v) is 8.79. The number of anilines is 2. The van der Waals surface area contributed by atoms with Gasteiger partial charge in [-0.15, -0.1) is 0 Å². The van der Waals surface area contributed by atoms with Gasteiger partial charge in [0.15, 0.2) is 0 Å². The summed E-state index contributed by atoms with van der Waals surface area (Å²) in [7, 11) is 1.65. The van der Waals surface area contributed by atoms with Gasteiger partial charge < -0.3 is 16.4 Å². The summed E-state index contributed by atoms with van der Waals surface area (Å²) in [5.74, 6) is 0.536. The van der Waals surface area contributed by atoms with Crippen LogP contribution in [0.15, 0.2) is 23.0 Å². The van der Waals surface area contributed by atoms with Crippen molar-refractivity contribution in [3.63, 3.8) is 0 Å². The lowest BCUT2D eigenvalue weighted by Gasteiger charge is -2.52. The van der Waals surface area contributed by atoms with Crippen LogP contribution in [-0.4, -0.2) is 34.4 Å². The fourth-order valence-electron chi connectivity index (χ4n) is 4.45. The van der Waals surface area contributed by atoms with E-state index >= 15 is 0 Å². The van der Waals surface area contributed by atoms with Gasteiger partial charge >= 0.3 is 0 Å². The summed E-state index contributed by atoms with van der Waals surface area (Å²) in [6.45, 7) is 1.56. The predicted octanol–water partition coefficient (Wildman–Crippen LogP) is 2.79. The van der Waals surface area contributed by atoms with Crippen LogP contribution in [0, 0.1) is 10.8 Å². The fraction of sp³-hybridized carbons (Fsp3) is 0.450. The van der Waals surface area contributed by atoms with Crippen molar-refractivity contribution in [3.05, 3.63) is 49.7 Å². The average Bonchev–Trinajstić information content (AvgIpc) is 2.71. The van der Waals surface area contributed by atoms with Crippen molar-refractivity contribution in [2.75, 3.05) is 23.7 Å². The van der Waals surface area contributed by atoms with Crippen LogP contribution >= 0.6 is 23.2 Å². The summed E-state index contributed by atoms with van der Waals surface area (Å²) in [5, 5.41) is 9.03. The highest BCUT2D eigenvalue weighted by Crippen LogP contribution is 2.48. The molecule has 4 rings (SSSR count). The van der Waals surface area contributed by atoms with Gasteiger partial charge in [-0.1, -0.05) is 35.3 Å². The largest absolute Gasteiger partial charge is 0.383 e. The molecule has 154 valence electrons. The van der Waals surface area contributed by atoms with Crippen molar-refractivity contribution in [2.24, 2.45) is 18.2 Å². The zero-order chi connectivity index (χ0) is 20.9. The van der Waals surface area contributed by atoms with E-state index in [0.29, 0.717) is 16.5 Å². The number of nitrogen functional groups attached to an aromatic ring is 1. The standard InChI is InChI=1S/C20H24Cl2N6O/c1-27-18(29)14(16(24)11-3-2-4-12(21)15(11)22)17(25)26-19(27)28-9-7-20(8-10-28)6-5-13(20)23/h2-4,13,24H,5-10,23,25H2,1H3. The van der Waals surface area contributed by atoms with Crippen LogP contribution in [0.2, 0.25) is 10.0 Å². The van der Waals surface area contributed by atoms with Gasteiger partial charge in [-0.2, -0.15) is 4.98 Å². The van der Waals surface area contributed by atoms with Crippen LogP contribution in [0.1, 0.15) is 36.8 Å². The van der Waals surface area contributed by atoms with Crippen LogP contribution < -0.4 is 21.9 Å². The molecule has 1 aliphatic carbocycles. The highest BCUT2D eigenvalue weighted by molar-refractivity contribution is 6.44. The fourth-order valence-corrected chi connectivity index (χ4v) is 4.84. The third kappa shape index (κ3) is 3.21. The monoisotopic (exact) mass is 434 g/mol. The van der Waals surface area contributed by atoms with E-state index in [1.807, 2.05) is 0 Å². The first kappa shape index (κ1) is 20.2. The van der Waals surface area contributed by atoms with Crippen molar-refractivity contribution in [1.82, 2.24) is 9.55 Å². The molecule has 1 aromatic heterocycles. The molecule has 0 amide bonds. The minimum absolute atomic E-state index is 0.0183. The number of hydrogen-bond acceptors (Lipinski definition) is 6. The van der Waals surface area contributed by atoms with E-state index < -0.39 is 0 Å². The van der Waals surface area contributed by atoms with Gasteiger partial charge in [-0.05, 0) is 37.2 Å². The maximum absolute atomic E-state index is 13.1. The molecule has 1 spiro atoms. The number of nitrogens with zero attached hydrogens (tertiary/aromatic N) is 3. The zero-order valence-electron chi connectivity index (χ0n) is 16.2. The molecule has 2 fully saturated rings. The molecule has 2 aliphatic rings. The molecule has 5 N–H and O–H groups in total. The lowest BCUT2D eigenvalue weighted by molar-refractivity contribution is 0.0607. The van der Waals surface area contributed by atoms with Crippen LogP contribution in [0.25, 0.3) is 0 Å². The number of piperidine rings is 1. The van der Waals surface area contributed by atoms with Gasteiger partial charge in [0.25, 0.3) is 5.56 Å². The highest BCUT2D eigenvalue weighted by Gasteiger charge is 2.46. The van der Waals surface area contributed by atoms with Crippen LogP contribution in [-0.2, 0) is 7.05 Å². The predicted molar refractivity (Wildman–Crippen MR) is 117 cm³/mol. The summed E-state index contributed by atoms with van der Waals surface area (Å²) in [5.41, 5.74) is 12.5. The Balaban J connectivity index is 1.66. The van der Waals surface area contributed by atoms with Gasteiger partial charge in [-0.25, -0.2) is 0 Å². The number of rotatable bonds is 3. The summed E-state index contributed by atoms with van der Waals surface area (Å²) < 4.78 is 1.46. The summed E-state index contributed by atoms with van der Waals surface area (Å²) in [6, 6.07) is 5.21. The number of hydrogen-bond donors (Lipinski definition) is 3. The van der Waals surface area contributed by atoms with Crippen molar-refractivity contribution in [2.45, 2.75) is 31.7 Å². The van der Waals surface area contributed by atoms with Crippen molar-refractivity contribution in [1.29, 1.82) is 5.41 Å². The average molecular weight is 435 g/mol. The van der Waals surface area contributed by atoms with Gasteiger partial charge in [0.1, 0.15) is 11.4 Å². The lowest BCUT2D eigenvalue weighted by Crippen LogP contribution is -2.56. The van der Waals surface area contributed by atoms with Crippen LogP contribution in [0.4, 0.5) is 11.8 Å². The van der Waals surface area contributed by atoms with Crippen LogP contribution in [0.3, 0.4) is 0 Å². The van der Waals surface area contributed by atoms with E-state index in [4.69, 9.17) is 40.1 Å². The van der Waals surface area contributed by atoms with Gasteiger partial charge in [0, 0.05) is 31.7 Å². The summed E-state index contributed by atoms with van der Waals surface area (Å²) in [4.78, 5) is 19.7. The Morgan fingerprint density at radius 2 is 1.97 bits per heavy atom. The molecule has 1 atom stereocenters. The normalized spacial score (nSPS) is 20.6. The number of aromatic nitrogens is 2. The van der Waals surface area contributed by atoms with Gasteiger partial charge in [0.2, 0.25) is 5.95 Å². The van der Waals surface area contributed by atoms with Crippen molar-refractivity contribution >= 4 is 40.7 Å². The topological polar surface area (TPSA) is 114 Å². The molecule has 2 heterocycles. The Morgan fingerprint density at radius 3 is 2.55 bits per heavy atom. The summed E-state index contributed by atoms with van der Waals surface area (Å²) in [6.07, 6.45) is 4.23. The van der Waals surface area contributed by atoms with Gasteiger partial charge in [0.05, 0.1) is 15.8 Å². The Hall–Kier alpha value is -2.09. The second-order valence-electron chi connectivity index (χ2n) is 8.01. The van der Waals surface area contributed by atoms with E-state index in [1.54, 1.807) is 25.2 Å². The molecule has 2 aromatic rings. The quantitative estimate of drug-likeness (QED) is 0.642. The minimum atomic E-state index is -0.380. The van der Waals surface area contributed by atoms with E-state index in [1.165, 1.54) is 11.0 Å². The molecular weight excluding hydrogens is 411 g/mol. The molecule has 0 bridgehead atoms. The first-order valence-electron chi connectivity index (χ1n) is 9.65. The first-order valence-corrected chi connectivity index (χ1v) is 10.4. The van der Waals surface area contributed by atoms with E-state index in [2.05, 4.69) is 9.88 Å². The maximum Gasteiger partial charge on any atom is 0.266 e. The van der Waals surface area contributed by atoms with Crippen LogP contribution in [0.5, 0.6) is 0 Å². The summed E-state index contributed by atoms with van der Waals surface area (Å²) >= 11 is 12.3. The zero-order valence-corrected chi connectivity index (χ0v) is 17.7. The molecule has 1 aromatic carbocycles. The molecular formula is C20H24Cl2N6O. The molecule has 9 heteroatoms. The number of benzene rings is 1. The Bertz CT molecular complexity index is 1040. The van der Waals surface area contributed by atoms with E-state index in [9.17, 15) is 4.79 Å². The van der Waals surface area contributed by atoms with E-state index in [-0.39, 0.29) is 39.1 Å². The number of halogens is 2. The van der Waals surface area contributed by atoms with Crippen molar-refractivity contribution in [3.8, 4) is 0 Å². The van der Waals surface area contributed by atoms with E-state index in [0.717, 1.165) is 32.4 Å². The Labute approximate surface area is 179 Å². The smallest absolute Gasteiger partial charge is 0.266 e. The molecule has 1 unspecified atom stereocenters. The second kappa shape index (κ2) is 7.31. The third-order valence-electron chi connectivity index (χ3n) is 6.55. The molecule has 1 saturated heterocycles. The van der Waals surface area contributed by atoms with Gasteiger partial charge in [-0.3, -0.25) is 14.8 Å². The highest BCUT2D eigenvalue weighted by atomic mass is 35.5. The third-order valence-corrected chi connectivity index (χ3v) is 7.37. The number of nitrogens with one attached hydrogen (secondary N) is 1. The first-order chi connectivity index (χ1) is 13.7. The van der Waals surface area contributed by atoms with Crippen molar-refractivity contribution < 1.29 is 0 Å². The molecule has 1 saturated carbocycles. The maximum atomic E-state index is 13.1. The Kier molecular flexibility index (Phi) is 5.09. The number of nitrogens with two attached hydrogens (primary N) is 2.